The van der Waals surface area contributed by atoms with Crippen molar-refractivity contribution < 1.29 is 13.2 Å². The second-order valence-electron chi connectivity index (χ2n) is 5.32. The van der Waals surface area contributed by atoms with Gasteiger partial charge in [-0.1, -0.05) is 12.1 Å². The van der Waals surface area contributed by atoms with Crippen molar-refractivity contribution in [3.05, 3.63) is 35.4 Å². The summed E-state index contributed by atoms with van der Waals surface area (Å²) in [5.41, 5.74) is 1.21. The minimum Gasteiger partial charge on any atom is -0.333 e. The Hall–Kier alpha value is -1.40. The molecule has 0 spiro atoms. The van der Waals surface area contributed by atoms with Crippen molar-refractivity contribution >= 4 is 15.7 Å². The maximum atomic E-state index is 12.5. The molecule has 2 rings (SSSR count). The number of carbonyl (C=O) groups is 1. The summed E-state index contributed by atoms with van der Waals surface area (Å²) < 4.78 is 22.7. The van der Waals surface area contributed by atoms with Gasteiger partial charge in [0, 0.05) is 37.5 Å². The van der Waals surface area contributed by atoms with E-state index in [9.17, 15) is 13.2 Å². The van der Waals surface area contributed by atoms with E-state index in [4.69, 9.17) is 0 Å². The highest BCUT2D eigenvalue weighted by Gasteiger charge is 2.24. The molecule has 1 aliphatic rings. The summed E-state index contributed by atoms with van der Waals surface area (Å²) in [6.45, 7) is 4.26. The maximum absolute atomic E-state index is 12.5. The zero-order valence-corrected chi connectivity index (χ0v) is 12.6. The van der Waals surface area contributed by atoms with Crippen LogP contribution in [0.2, 0.25) is 0 Å². The number of carbonyl (C=O) groups excluding carboxylic acids is 1. The highest BCUT2D eigenvalue weighted by molar-refractivity contribution is 7.89. The molecule has 0 radical (unpaired) electrons. The van der Waals surface area contributed by atoms with Crippen LogP contribution in [0.15, 0.2) is 24.3 Å². The van der Waals surface area contributed by atoms with E-state index in [2.05, 4.69) is 5.32 Å². The lowest BCUT2D eigenvalue weighted by Gasteiger charge is -2.34. The first kappa shape index (κ1) is 15.0. The Bertz CT molecular complexity index is 598. The van der Waals surface area contributed by atoms with Crippen LogP contribution in [0, 0.1) is 0 Å². The van der Waals surface area contributed by atoms with E-state index in [-0.39, 0.29) is 17.7 Å². The minimum atomic E-state index is -3.09. The molecule has 0 unspecified atom stereocenters. The van der Waals surface area contributed by atoms with E-state index in [1.165, 1.54) is 6.26 Å². The lowest BCUT2D eigenvalue weighted by Crippen LogP contribution is -2.52. The van der Waals surface area contributed by atoms with Crippen LogP contribution in [0.4, 0.5) is 0 Å². The number of hydrogen-bond acceptors (Lipinski definition) is 4. The fourth-order valence-corrected chi connectivity index (χ4v) is 3.19. The van der Waals surface area contributed by atoms with Crippen molar-refractivity contribution in [2.24, 2.45) is 0 Å². The van der Waals surface area contributed by atoms with Gasteiger partial charge < -0.3 is 10.2 Å². The van der Waals surface area contributed by atoms with Gasteiger partial charge in [-0.15, -0.1) is 0 Å². The zero-order valence-electron chi connectivity index (χ0n) is 11.8. The topological polar surface area (TPSA) is 66.5 Å². The molecule has 1 aliphatic heterocycles. The average Bonchev–Trinajstić information content (AvgIpc) is 2.37. The molecule has 20 heavy (non-hydrogen) atoms. The molecule has 0 aliphatic carbocycles. The summed E-state index contributed by atoms with van der Waals surface area (Å²) in [5.74, 6) is -0.0695. The van der Waals surface area contributed by atoms with E-state index in [1.807, 2.05) is 11.8 Å². The van der Waals surface area contributed by atoms with Gasteiger partial charge in [-0.2, -0.15) is 0 Å². The Morgan fingerprint density at radius 1 is 1.45 bits per heavy atom. The van der Waals surface area contributed by atoms with Crippen LogP contribution in [0.5, 0.6) is 0 Å². The van der Waals surface area contributed by atoms with Crippen molar-refractivity contribution in [1.29, 1.82) is 0 Å². The van der Waals surface area contributed by atoms with Gasteiger partial charge in [0.1, 0.15) is 0 Å². The molecule has 1 amide bonds. The molecule has 1 saturated heterocycles. The van der Waals surface area contributed by atoms with Crippen LogP contribution in [0.3, 0.4) is 0 Å². The minimum absolute atomic E-state index is 0.0330. The SMILES string of the molecule is C[C@@H]1CNCCN1C(=O)c1cccc(CS(C)(=O)=O)c1. The fraction of sp³-hybridized carbons (Fsp3) is 0.500. The van der Waals surface area contributed by atoms with Crippen LogP contribution >= 0.6 is 0 Å². The quantitative estimate of drug-likeness (QED) is 0.890. The lowest BCUT2D eigenvalue weighted by atomic mass is 10.1. The predicted molar refractivity (Wildman–Crippen MR) is 78.4 cm³/mol. The summed E-state index contributed by atoms with van der Waals surface area (Å²) in [6, 6.07) is 7.04. The van der Waals surface area contributed by atoms with E-state index in [0.29, 0.717) is 17.7 Å². The number of benzene rings is 1. The third kappa shape index (κ3) is 3.80. The number of rotatable bonds is 3. The smallest absolute Gasteiger partial charge is 0.254 e. The summed E-state index contributed by atoms with van der Waals surface area (Å²) >= 11 is 0. The van der Waals surface area contributed by atoms with E-state index in [0.717, 1.165) is 13.1 Å². The third-order valence-corrected chi connectivity index (χ3v) is 4.22. The molecule has 5 nitrogen and oxygen atoms in total. The van der Waals surface area contributed by atoms with Crippen LogP contribution in [-0.2, 0) is 15.6 Å². The molecule has 0 saturated carbocycles. The molecular weight excluding hydrogens is 276 g/mol. The first-order valence-electron chi connectivity index (χ1n) is 6.65. The second kappa shape index (κ2) is 5.93. The highest BCUT2D eigenvalue weighted by atomic mass is 32.2. The summed E-state index contributed by atoms with van der Waals surface area (Å²) in [6.07, 6.45) is 1.19. The van der Waals surface area contributed by atoms with Gasteiger partial charge >= 0.3 is 0 Å². The van der Waals surface area contributed by atoms with Gasteiger partial charge in [-0.25, -0.2) is 8.42 Å². The van der Waals surface area contributed by atoms with Gasteiger partial charge in [0.15, 0.2) is 9.84 Å². The summed E-state index contributed by atoms with van der Waals surface area (Å²) in [4.78, 5) is 14.3. The van der Waals surface area contributed by atoms with Crippen LogP contribution in [0.25, 0.3) is 0 Å². The molecule has 1 aromatic carbocycles. The summed E-state index contributed by atoms with van der Waals surface area (Å²) in [7, 11) is -3.09. The van der Waals surface area contributed by atoms with Crippen molar-refractivity contribution in [2.45, 2.75) is 18.7 Å². The standard InChI is InChI=1S/C14H20N2O3S/c1-11-9-15-6-7-16(11)14(17)13-5-3-4-12(8-13)10-20(2,18)19/h3-5,8,11,15H,6-7,9-10H2,1-2H3/t11-/m1/s1. The van der Waals surface area contributed by atoms with Gasteiger partial charge in [0.25, 0.3) is 5.91 Å². The van der Waals surface area contributed by atoms with Gasteiger partial charge in [0.05, 0.1) is 5.75 Å². The first-order chi connectivity index (χ1) is 9.37. The van der Waals surface area contributed by atoms with E-state index in [1.54, 1.807) is 24.3 Å². The number of piperazine rings is 1. The van der Waals surface area contributed by atoms with Crippen molar-refractivity contribution in [3.8, 4) is 0 Å². The van der Waals surface area contributed by atoms with Crippen LogP contribution < -0.4 is 5.32 Å². The number of sulfone groups is 1. The molecule has 1 heterocycles. The number of nitrogens with one attached hydrogen (secondary N) is 1. The van der Waals surface area contributed by atoms with Crippen LogP contribution in [-0.4, -0.2) is 51.2 Å². The molecule has 1 atom stereocenters. The molecule has 1 N–H and O–H groups in total. The first-order valence-corrected chi connectivity index (χ1v) is 8.71. The Morgan fingerprint density at radius 3 is 2.85 bits per heavy atom. The monoisotopic (exact) mass is 296 g/mol. The third-order valence-electron chi connectivity index (χ3n) is 3.36. The lowest BCUT2D eigenvalue weighted by molar-refractivity contribution is 0.0655. The largest absolute Gasteiger partial charge is 0.333 e. The highest BCUT2D eigenvalue weighted by Crippen LogP contribution is 2.13. The Kier molecular flexibility index (Phi) is 4.45. The Balaban J connectivity index is 2.20. The molecule has 0 aromatic heterocycles. The molecule has 0 bridgehead atoms. The van der Waals surface area contributed by atoms with Crippen molar-refractivity contribution in [2.75, 3.05) is 25.9 Å². The van der Waals surface area contributed by atoms with Gasteiger partial charge in [-0.3, -0.25) is 4.79 Å². The molecule has 6 heteroatoms. The molecule has 1 fully saturated rings. The molecule has 1 aromatic rings. The number of hydrogen-bond donors (Lipinski definition) is 1. The van der Waals surface area contributed by atoms with Gasteiger partial charge in [0.2, 0.25) is 0 Å². The molecular formula is C14H20N2O3S. The Labute approximate surface area is 119 Å². The second-order valence-corrected chi connectivity index (χ2v) is 7.46. The normalized spacial score (nSPS) is 19.9. The molecule has 110 valence electrons. The maximum Gasteiger partial charge on any atom is 0.254 e. The predicted octanol–water partition coefficient (Wildman–Crippen LogP) is 0.665. The van der Waals surface area contributed by atoms with Crippen LogP contribution in [0.1, 0.15) is 22.8 Å². The zero-order chi connectivity index (χ0) is 14.8. The number of amides is 1. The van der Waals surface area contributed by atoms with Crippen molar-refractivity contribution in [3.63, 3.8) is 0 Å². The average molecular weight is 296 g/mol. The van der Waals surface area contributed by atoms with E-state index >= 15 is 0 Å². The fourth-order valence-electron chi connectivity index (χ4n) is 2.41. The summed E-state index contributed by atoms with van der Waals surface area (Å²) in [5, 5.41) is 3.24. The van der Waals surface area contributed by atoms with Crippen molar-refractivity contribution in [1.82, 2.24) is 10.2 Å². The van der Waals surface area contributed by atoms with E-state index < -0.39 is 9.84 Å². The van der Waals surface area contributed by atoms with Gasteiger partial charge in [-0.05, 0) is 24.6 Å². The Morgan fingerprint density at radius 2 is 2.20 bits per heavy atom. The number of nitrogens with zero attached hydrogens (tertiary/aromatic N) is 1.